The molecule has 0 aliphatic carbocycles. The van der Waals surface area contributed by atoms with Gasteiger partial charge >= 0.3 is 6.03 Å². The smallest absolute Gasteiger partial charge is 0.317 e. The third-order valence-corrected chi connectivity index (χ3v) is 8.58. The normalized spacial score (nSPS) is 13.8. The van der Waals surface area contributed by atoms with Crippen LogP contribution in [-0.2, 0) is 13.2 Å². The van der Waals surface area contributed by atoms with Gasteiger partial charge in [0.05, 0.1) is 6.61 Å². The first kappa shape index (κ1) is 27.9. The highest BCUT2D eigenvalue weighted by atomic mass is 32.2. The van der Waals surface area contributed by atoms with E-state index in [0.717, 1.165) is 60.7 Å². The molecule has 0 aromatic heterocycles. The van der Waals surface area contributed by atoms with E-state index in [4.69, 9.17) is 0 Å². The minimum Gasteiger partial charge on any atom is -0.392 e. The van der Waals surface area contributed by atoms with Gasteiger partial charge in [-0.3, -0.25) is 0 Å². The standard InChI is InChI=1S/C33H38N4O2S/c1-2-17-34-33(39)37-18-15-27(16-19-37)36-30-21-28(20-24-9-3-6-12-29(24)30)35-22-25-10-4-7-13-31(25)40-32-14-8-5-11-26(32)23-38/h3-14,20-21,27,35-36,38H,2,15-19,22-23H2,1H3,(H,34,39). The molecule has 0 saturated carbocycles. The lowest BCUT2D eigenvalue weighted by Gasteiger charge is -2.33. The molecular weight excluding hydrogens is 516 g/mol. The van der Waals surface area contributed by atoms with E-state index in [0.29, 0.717) is 12.6 Å². The molecule has 0 atom stereocenters. The van der Waals surface area contributed by atoms with Crippen LogP contribution in [0.2, 0.25) is 0 Å². The molecule has 1 saturated heterocycles. The number of carbonyl (C=O) groups is 1. The molecule has 1 fully saturated rings. The second-order valence-electron chi connectivity index (χ2n) is 10.2. The van der Waals surface area contributed by atoms with Crippen molar-refractivity contribution in [2.75, 3.05) is 30.3 Å². The number of nitrogens with zero attached hydrogens (tertiary/aromatic N) is 1. The fraction of sp³-hybridized carbons (Fsp3) is 0.303. The number of aliphatic hydroxyl groups excluding tert-OH is 1. The van der Waals surface area contributed by atoms with Crippen molar-refractivity contribution in [2.45, 2.75) is 55.2 Å². The Labute approximate surface area is 241 Å². The quantitative estimate of drug-likeness (QED) is 0.168. The minimum absolute atomic E-state index is 0.0293. The summed E-state index contributed by atoms with van der Waals surface area (Å²) in [5.41, 5.74) is 4.33. The number of piperidine rings is 1. The van der Waals surface area contributed by atoms with Crippen molar-refractivity contribution in [3.05, 3.63) is 96.1 Å². The molecule has 2 amide bonds. The number of anilines is 2. The van der Waals surface area contributed by atoms with Gasteiger partial charge < -0.3 is 26.0 Å². The molecule has 7 heteroatoms. The van der Waals surface area contributed by atoms with Gasteiger partial charge in [0.15, 0.2) is 0 Å². The van der Waals surface area contributed by atoms with Crippen LogP contribution in [0.5, 0.6) is 0 Å². The number of rotatable bonds is 10. The largest absolute Gasteiger partial charge is 0.392 e. The third-order valence-electron chi connectivity index (χ3n) is 7.35. The summed E-state index contributed by atoms with van der Waals surface area (Å²) in [7, 11) is 0. The van der Waals surface area contributed by atoms with Crippen LogP contribution >= 0.6 is 11.8 Å². The number of urea groups is 1. The van der Waals surface area contributed by atoms with Crippen LogP contribution in [0.4, 0.5) is 16.2 Å². The lowest BCUT2D eigenvalue weighted by Crippen LogP contribution is -2.47. The monoisotopic (exact) mass is 554 g/mol. The zero-order valence-electron chi connectivity index (χ0n) is 23.0. The highest BCUT2D eigenvalue weighted by molar-refractivity contribution is 7.99. The number of hydrogen-bond acceptors (Lipinski definition) is 5. The molecule has 6 nitrogen and oxygen atoms in total. The Morgan fingerprint density at radius 2 is 1.60 bits per heavy atom. The van der Waals surface area contributed by atoms with E-state index in [9.17, 15) is 9.90 Å². The molecule has 40 heavy (non-hydrogen) atoms. The summed E-state index contributed by atoms with van der Waals surface area (Å²) >= 11 is 1.69. The number of aliphatic hydroxyl groups is 1. The van der Waals surface area contributed by atoms with Crippen LogP contribution in [0, 0.1) is 0 Å². The zero-order chi connectivity index (χ0) is 27.7. The van der Waals surface area contributed by atoms with Crippen LogP contribution < -0.4 is 16.0 Å². The van der Waals surface area contributed by atoms with Crippen molar-refractivity contribution in [1.29, 1.82) is 0 Å². The van der Waals surface area contributed by atoms with Crippen molar-refractivity contribution >= 4 is 39.9 Å². The van der Waals surface area contributed by atoms with Crippen LogP contribution in [0.1, 0.15) is 37.3 Å². The van der Waals surface area contributed by atoms with Crippen LogP contribution in [-0.4, -0.2) is 41.7 Å². The maximum absolute atomic E-state index is 12.4. The number of fused-ring (bicyclic) bond motifs is 1. The Balaban J connectivity index is 1.29. The van der Waals surface area contributed by atoms with Crippen LogP contribution in [0.15, 0.2) is 94.7 Å². The summed E-state index contributed by atoms with van der Waals surface area (Å²) in [6.45, 7) is 5.03. The average Bonchev–Trinajstić information content (AvgIpc) is 3.00. The van der Waals surface area contributed by atoms with Crippen molar-refractivity contribution in [1.82, 2.24) is 10.2 Å². The van der Waals surface area contributed by atoms with Crippen molar-refractivity contribution < 1.29 is 9.90 Å². The molecule has 0 unspecified atom stereocenters. The fourth-order valence-electron chi connectivity index (χ4n) is 5.12. The highest BCUT2D eigenvalue weighted by Gasteiger charge is 2.23. The summed E-state index contributed by atoms with van der Waals surface area (Å²) in [5, 5.41) is 22.6. The summed E-state index contributed by atoms with van der Waals surface area (Å²) in [6.07, 6.45) is 2.79. The molecule has 1 aliphatic heterocycles. The van der Waals surface area contributed by atoms with Gasteiger partial charge in [-0.05, 0) is 60.0 Å². The number of benzene rings is 4. The molecule has 208 valence electrons. The molecule has 0 bridgehead atoms. The summed E-state index contributed by atoms with van der Waals surface area (Å²) in [5.74, 6) is 0. The van der Waals surface area contributed by atoms with Crippen LogP contribution in [0.3, 0.4) is 0 Å². The SMILES string of the molecule is CCCNC(=O)N1CCC(Nc2cc(NCc3ccccc3Sc3ccccc3CO)cc3ccccc23)CC1. The molecule has 0 radical (unpaired) electrons. The second kappa shape index (κ2) is 13.6. The third kappa shape index (κ3) is 6.90. The lowest BCUT2D eigenvalue weighted by atomic mass is 10.0. The van der Waals surface area contributed by atoms with E-state index in [1.54, 1.807) is 11.8 Å². The van der Waals surface area contributed by atoms with Crippen molar-refractivity contribution in [2.24, 2.45) is 0 Å². The van der Waals surface area contributed by atoms with E-state index >= 15 is 0 Å². The predicted octanol–water partition coefficient (Wildman–Crippen LogP) is 7.09. The molecule has 4 N–H and O–H groups in total. The van der Waals surface area contributed by atoms with Crippen LogP contribution in [0.25, 0.3) is 10.8 Å². The number of carbonyl (C=O) groups excluding carboxylic acids is 1. The molecule has 4 aromatic carbocycles. The van der Waals surface area contributed by atoms with E-state index in [1.165, 1.54) is 21.2 Å². The van der Waals surface area contributed by atoms with E-state index in [1.807, 2.05) is 23.1 Å². The summed E-state index contributed by atoms with van der Waals surface area (Å²) < 4.78 is 0. The first-order valence-corrected chi connectivity index (χ1v) is 15.0. The van der Waals surface area contributed by atoms with Gasteiger partial charge in [-0.1, -0.05) is 79.3 Å². The number of amides is 2. The van der Waals surface area contributed by atoms with Crippen molar-refractivity contribution in [3.63, 3.8) is 0 Å². The maximum Gasteiger partial charge on any atom is 0.317 e. The zero-order valence-corrected chi connectivity index (χ0v) is 23.8. The van der Waals surface area contributed by atoms with Gasteiger partial charge in [0, 0.05) is 58.8 Å². The Morgan fingerprint density at radius 3 is 2.35 bits per heavy atom. The fourth-order valence-corrected chi connectivity index (χ4v) is 6.19. The predicted molar refractivity (Wildman–Crippen MR) is 166 cm³/mol. The maximum atomic E-state index is 12.4. The van der Waals surface area contributed by atoms with E-state index in [2.05, 4.69) is 89.6 Å². The molecule has 0 spiro atoms. The van der Waals surface area contributed by atoms with Crippen molar-refractivity contribution in [3.8, 4) is 0 Å². The van der Waals surface area contributed by atoms with Gasteiger partial charge in [-0.15, -0.1) is 0 Å². The van der Waals surface area contributed by atoms with E-state index in [-0.39, 0.29) is 12.6 Å². The summed E-state index contributed by atoms with van der Waals surface area (Å²) in [6, 6.07) is 29.7. The number of nitrogens with one attached hydrogen (secondary N) is 3. The lowest BCUT2D eigenvalue weighted by molar-refractivity contribution is 0.183. The van der Waals surface area contributed by atoms with E-state index < -0.39 is 0 Å². The van der Waals surface area contributed by atoms with Gasteiger partial charge in [-0.25, -0.2) is 4.79 Å². The van der Waals surface area contributed by atoms with Gasteiger partial charge in [-0.2, -0.15) is 0 Å². The molecule has 1 heterocycles. The molecule has 4 aromatic rings. The molecule has 5 rings (SSSR count). The van der Waals surface area contributed by atoms with Gasteiger partial charge in [0.25, 0.3) is 0 Å². The average molecular weight is 555 g/mol. The Hall–Kier alpha value is -3.68. The Bertz CT molecular complexity index is 1440. The number of likely N-dealkylation sites (tertiary alicyclic amines) is 1. The van der Waals surface area contributed by atoms with Gasteiger partial charge in [0.2, 0.25) is 0 Å². The Kier molecular flexibility index (Phi) is 9.47. The molecular formula is C33H38N4O2S. The number of hydrogen-bond donors (Lipinski definition) is 4. The highest BCUT2D eigenvalue weighted by Crippen LogP contribution is 2.34. The topological polar surface area (TPSA) is 76.6 Å². The summed E-state index contributed by atoms with van der Waals surface area (Å²) in [4.78, 5) is 16.5. The molecule has 1 aliphatic rings. The Morgan fingerprint density at radius 1 is 0.925 bits per heavy atom. The first-order chi connectivity index (χ1) is 19.6. The first-order valence-electron chi connectivity index (χ1n) is 14.1. The second-order valence-corrected chi connectivity index (χ2v) is 11.3. The minimum atomic E-state index is 0.0293. The van der Waals surface area contributed by atoms with Gasteiger partial charge in [0.1, 0.15) is 0 Å².